The van der Waals surface area contributed by atoms with Crippen LogP contribution in [-0.2, 0) is 6.54 Å². The number of likely N-dealkylation sites (N-methyl/N-ethyl adjacent to an activating group) is 1. The summed E-state index contributed by atoms with van der Waals surface area (Å²) < 4.78 is 12.0. The Hall–Kier alpha value is -2.77. The van der Waals surface area contributed by atoms with Gasteiger partial charge >= 0.3 is 0 Å². The van der Waals surface area contributed by atoms with Crippen molar-refractivity contribution in [2.45, 2.75) is 19.6 Å². The predicted molar refractivity (Wildman–Crippen MR) is 91.7 cm³/mol. The highest BCUT2D eigenvalue weighted by molar-refractivity contribution is 5.92. The second kappa shape index (κ2) is 6.03. The van der Waals surface area contributed by atoms with Crippen LogP contribution in [0.2, 0.25) is 0 Å². The number of fused-ring (bicyclic) bond motifs is 2. The zero-order valence-corrected chi connectivity index (χ0v) is 13.5. The first-order valence-corrected chi connectivity index (χ1v) is 8.17. The Morgan fingerprint density at radius 1 is 1.21 bits per heavy atom. The standard InChI is InChI=1S/C20H18N2O2/c1-2-22-12-15-9-10-23-20(15)19(13-22)24-18-8-7-14(11-21)16-5-3-4-6-17(16)18/h3-10,19H,2,12-13H2,1H3. The Labute approximate surface area is 140 Å². The van der Waals surface area contributed by atoms with Crippen molar-refractivity contribution >= 4 is 10.8 Å². The van der Waals surface area contributed by atoms with Crippen molar-refractivity contribution in [1.82, 2.24) is 4.90 Å². The Morgan fingerprint density at radius 3 is 2.83 bits per heavy atom. The summed E-state index contributed by atoms with van der Waals surface area (Å²) >= 11 is 0. The smallest absolute Gasteiger partial charge is 0.169 e. The van der Waals surface area contributed by atoms with E-state index >= 15 is 0 Å². The molecule has 4 nitrogen and oxygen atoms in total. The van der Waals surface area contributed by atoms with Gasteiger partial charge in [-0.15, -0.1) is 0 Å². The predicted octanol–water partition coefficient (Wildman–Crippen LogP) is 4.26. The maximum absolute atomic E-state index is 9.30. The molecule has 0 spiro atoms. The summed E-state index contributed by atoms with van der Waals surface area (Å²) in [6.07, 6.45) is 1.59. The molecule has 0 saturated heterocycles. The van der Waals surface area contributed by atoms with Crippen LogP contribution in [0.25, 0.3) is 10.8 Å². The minimum Gasteiger partial charge on any atom is -0.480 e. The molecule has 24 heavy (non-hydrogen) atoms. The van der Waals surface area contributed by atoms with Gasteiger partial charge in [0, 0.05) is 29.4 Å². The molecule has 1 unspecified atom stereocenters. The first-order valence-electron chi connectivity index (χ1n) is 8.17. The fourth-order valence-electron chi connectivity index (χ4n) is 3.34. The number of benzene rings is 2. The summed E-state index contributed by atoms with van der Waals surface area (Å²) in [5, 5.41) is 11.2. The molecule has 1 aromatic heterocycles. The van der Waals surface area contributed by atoms with Crippen LogP contribution >= 0.6 is 0 Å². The summed E-state index contributed by atoms with van der Waals surface area (Å²) in [5.74, 6) is 1.70. The molecule has 4 rings (SSSR count). The molecule has 0 aliphatic carbocycles. The van der Waals surface area contributed by atoms with Gasteiger partial charge in [-0.1, -0.05) is 31.2 Å². The van der Waals surface area contributed by atoms with E-state index < -0.39 is 0 Å². The molecule has 120 valence electrons. The van der Waals surface area contributed by atoms with Crippen molar-refractivity contribution < 1.29 is 9.15 Å². The number of nitrogens with zero attached hydrogens (tertiary/aromatic N) is 2. The molecule has 0 N–H and O–H groups in total. The third-order valence-corrected chi connectivity index (χ3v) is 4.61. The lowest BCUT2D eigenvalue weighted by Gasteiger charge is -2.31. The molecule has 0 bridgehead atoms. The van der Waals surface area contributed by atoms with Crippen molar-refractivity contribution in [3.8, 4) is 11.8 Å². The molecule has 1 aliphatic heterocycles. The van der Waals surface area contributed by atoms with E-state index in [1.165, 1.54) is 5.56 Å². The van der Waals surface area contributed by atoms with Crippen LogP contribution in [0.3, 0.4) is 0 Å². The van der Waals surface area contributed by atoms with Gasteiger partial charge in [-0.25, -0.2) is 0 Å². The Bertz CT molecular complexity index is 923. The first kappa shape index (κ1) is 14.8. The maximum Gasteiger partial charge on any atom is 0.169 e. The number of furan rings is 1. The molecule has 1 aliphatic rings. The highest BCUT2D eigenvalue weighted by Crippen LogP contribution is 2.35. The van der Waals surface area contributed by atoms with Gasteiger partial charge in [-0.2, -0.15) is 5.26 Å². The van der Waals surface area contributed by atoms with E-state index in [4.69, 9.17) is 9.15 Å². The second-order valence-electron chi connectivity index (χ2n) is 6.01. The van der Waals surface area contributed by atoms with E-state index in [0.717, 1.165) is 41.9 Å². The first-order chi connectivity index (χ1) is 11.8. The van der Waals surface area contributed by atoms with Gasteiger partial charge in [-0.05, 0) is 24.7 Å². The molecule has 0 amide bonds. The largest absolute Gasteiger partial charge is 0.480 e. The average molecular weight is 318 g/mol. The van der Waals surface area contributed by atoms with E-state index in [1.54, 1.807) is 6.26 Å². The SMILES string of the molecule is CCN1Cc2ccoc2C(Oc2ccc(C#N)c3ccccc23)C1. The summed E-state index contributed by atoms with van der Waals surface area (Å²) in [6.45, 7) is 4.82. The van der Waals surface area contributed by atoms with Gasteiger partial charge < -0.3 is 9.15 Å². The molecule has 2 aromatic carbocycles. The summed E-state index contributed by atoms with van der Waals surface area (Å²) in [4.78, 5) is 2.34. The van der Waals surface area contributed by atoms with Crippen LogP contribution in [0.5, 0.6) is 5.75 Å². The average Bonchev–Trinajstić information content (AvgIpc) is 3.10. The van der Waals surface area contributed by atoms with Gasteiger partial charge in [-0.3, -0.25) is 4.90 Å². The quantitative estimate of drug-likeness (QED) is 0.724. The molecule has 3 aromatic rings. The summed E-state index contributed by atoms with van der Waals surface area (Å²) in [7, 11) is 0. The Morgan fingerprint density at radius 2 is 2.04 bits per heavy atom. The van der Waals surface area contributed by atoms with Gasteiger partial charge in [0.15, 0.2) is 6.10 Å². The van der Waals surface area contributed by atoms with E-state index in [2.05, 4.69) is 17.9 Å². The fraction of sp³-hybridized carbons (Fsp3) is 0.250. The normalized spacial score (nSPS) is 17.4. The van der Waals surface area contributed by atoms with E-state index in [1.807, 2.05) is 42.5 Å². The van der Waals surface area contributed by atoms with Crippen LogP contribution in [0.1, 0.15) is 29.9 Å². The van der Waals surface area contributed by atoms with Crippen molar-refractivity contribution in [3.05, 3.63) is 65.6 Å². The molecule has 0 radical (unpaired) electrons. The van der Waals surface area contributed by atoms with Crippen molar-refractivity contribution in [2.75, 3.05) is 13.1 Å². The number of ether oxygens (including phenoxy) is 1. The topological polar surface area (TPSA) is 49.4 Å². The van der Waals surface area contributed by atoms with Gasteiger partial charge in [0.25, 0.3) is 0 Å². The lowest BCUT2D eigenvalue weighted by atomic mass is 10.0. The van der Waals surface area contributed by atoms with Crippen molar-refractivity contribution in [3.63, 3.8) is 0 Å². The highest BCUT2D eigenvalue weighted by atomic mass is 16.5. The van der Waals surface area contributed by atoms with Gasteiger partial charge in [0.1, 0.15) is 11.5 Å². The monoisotopic (exact) mass is 318 g/mol. The van der Waals surface area contributed by atoms with Crippen LogP contribution < -0.4 is 4.74 Å². The lowest BCUT2D eigenvalue weighted by molar-refractivity contribution is 0.0964. The Kier molecular flexibility index (Phi) is 3.72. The van der Waals surface area contributed by atoms with Crippen molar-refractivity contribution in [2.24, 2.45) is 0 Å². The molecule has 0 fully saturated rings. The van der Waals surface area contributed by atoms with E-state index in [9.17, 15) is 5.26 Å². The third kappa shape index (κ3) is 2.44. The number of rotatable bonds is 3. The molecule has 1 atom stereocenters. The third-order valence-electron chi connectivity index (χ3n) is 4.61. The number of nitriles is 1. The van der Waals surface area contributed by atoms with Gasteiger partial charge in [0.05, 0.1) is 17.9 Å². The minimum absolute atomic E-state index is 0.139. The van der Waals surface area contributed by atoms with E-state index in [0.29, 0.717) is 5.56 Å². The number of hydrogen-bond donors (Lipinski definition) is 0. The molecule has 4 heteroatoms. The zero-order valence-electron chi connectivity index (χ0n) is 13.5. The summed E-state index contributed by atoms with van der Waals surface area (Å²) in [5.41, 5.74) is 1.85. The number of hydrogen-bond acceptors (Lipinski definition) is 4. The van der Waals surface area contributed by atoms with Crippen LogP contribution in [0.4, 0.5) is 0 Å². The lowest BCUT2D eigenvalue weighted by Crippen LogP contribution is -2.35. The maximum atomic E-state index is 9.30. The second-order valence-corrected chi connectivity index (χ2v) is 6.01. The van der Waals surface area contributed by atoms with Crippen LogP contribution in [0, 0.1) is 11.3 Å². The highest BCUT2D eigenvalue weighted by Gasteiger charge is 2.29. The fourth-order valence-corrected chi connectivity index (χ4v) is 3.34. The van der Waals surface area contributed by atoms with Crippen LogP contribution in [-0.4, -0.2) is 18.0 Å². The molecule has 0 saturated carbocycles. The molecular formula is C20H18N2O2. The van der Waals surface area contributed by atoms with Crippen LogP contribution in [0.15, 0.2) is 53.1 Å². The zero-order chi connectivity index (χ0) is 16.5. The Balaban J connectivity index is 1.74. The van der Waals surface area contributed by atoms with Crippen molar-refractivity contribution in [1.29, 1.82) is 5.26 Å². The molecule has 2 heterocycles. The minimum atomic E-state index is -0.139. The summed E-state index contributed by atoms with van der Waals surface area (Å²) in [6, 6.07) is 15.8. The van der Waals surface area contributed by atoms with E-state index in [-0.39, 0.29) is 6.10 Å². The molecular weight excluding hydrogens is 300 g/mol. The van der Waals surface area contributed by atoms with Gasteiger partial charge in [0.2, 0.25) is 0 Å².